The predicted molar refractivity (Wildman–Crippen MR) is 81.7 cm³/mol. The van der Waals surface area contributed by atoms with Gasteiger partial charge in [-0.05, 0) is 37.5 Å². The maximum atomic E-state index is 12.6. The zero-order chi connectivity index (χ0) is 15.5. The van der Waals surface area contributed by atoms with E-state index in [0.29, 0.717) is 24.4 Å². The molecule has 118 valence electrons. The zero-order valence-corrected chi connectivity index (χ0v) is 13.2. The summed E-state index contributed by atoms with van der Waals surface area (Å²) in [6.45, 7) is 2.15. The van der Waals surface area contributed by atoms with Gasteiger partial charge in [0.05, 0.1) is 19.4 Å². The lowest BCUT2D eigenvalue weighted by atomic mass is 10.1. The molecule has 7 heteroatoms. The van der Waals surface area contributed by atoms with Crippen LogP contribution in [0.2, 0.25) is 0 Å². The minimum absolute atomic E-state index is 0.161. The van der Waals surface area contributed by atoms with E-state index in [1.807, 2.05) is 13.0 Å². The molecule has 1 saturated heterocycles. The Kier molecular flexibility index (Phi) is 5.08. The normalized spacial score (nSPS) is 20.2. The minimum atomic E-state index is -3.70. The van der Waals surface area contributed by atoms with Crippen LogP contribution in [0.4, 0.5) is 5.69 Å². The third-order valence-electron chi connectivity index (χ3n) is 3.69. The molecule has 0 aromatic heterocycles. The molecule has 0 aliphatic carbocycles. The molecule has 1 aromatic carbocycles. The summed E-state index contributed by atoms with van der Waals surface area (Å²) in [5, 5.41) is 9.38. The molecule has 1 atom stereocenters. The van der Waals surface area contributed by atoms with E-state index in [1.165, 1.54) is 11.4 Å². The lowest BCUT2D eigenvalue weighted by Crippen LogP contribution is -2.47. The Morgan fingerprint density at radius 1 is 1.43 bits per heavy atom. The SMILES string of the molecule is COc1ccc(C)cc1NS(=O)(=O)N1CCCCC1CO. The number of hydrogen-bond donors (Lipinski definition) is 2. The Hall–Kier alpha value is -1.31. The van der Waals surface area contributed by atoms with E-state index in [2.05, 4.69) is 4.72 Å². The Bertz CT molecular complexity index is 589. The number of hydrogen-bond acceptors (Lipinski definition) is 4. The summed E-state index contributed by atoms with van der Waals surface area (Å²) in [5.41, 5.74) is 1.35. The number of nitrogens with one attached hydrogen (secondary N) is 1. The average molecular weight is 314 g/mol. The number of aliphatic hydroxyl groups is 1. The number of anilines is 1. The van der Waals surface area contributed by atoms with Crippen molar-refractivity contribution in [3.63, 3.8) is 0 Å². The van der Waals surface area contributed by atoms with Crippen LogP contribution in [0.1, 0.15) is 24.8 Å². The lowest BCUT2D eigenvalue weighted by molar-refractivity contribution is 0.156. The van der Waals surface area contributed by atoms with Gasteiger partial charge in [0.15, 0.2) is 0 Å². The Balaban J connectivity index is 2.26. The van der Waals surface area contributed by atoms with Crippen LogP contribution in [0.3, 0.4) is 0 Å². The molecule has 1 fully saturated rings. The first-order chi connectivity index (χ1) is 9.97. The van der Waals surface area contributed by atoms with Crippen LogP contribution in [0.5, 0.6) is 5.75 Å². The third kappa shape index (κ3) is 3.66. The molecule has 0 saturated carbocycles. The topological polar surface area (TPSA) is 78.9 Å². The second kappa shape index (κ2) is 6.64. The van der Waals surface area contributed by atoms with Crippen LogP contribution in [-0.2, 0) is 10.2 Å². The number of aliphatic hydroxyl groups excluding tert-OH is 1. The third-order valence-corrected chi connectivity index (χ3v) is 5.26. The van der Waals surface area contributed by atoms with Crippen molar-refractivity contribution < 1.29 is 18.3 Å². The Labute approximate surface area is 125 Å². The molecule has 21 heavy (non-hydrogen) atoms. The van der Waals surface area contributed by atoms with Gasteiger partial charge in [-0.3, -0.25) is 4.72 Å². The fourth-order valence-corrected chi connectivity index (χ4v) is 4.06. The number of benzene rings is 1. The number of methoxy groups -OCH3 is 1. The lowest BCUT2D eigenvalue weighted by Gasteiger charge is -2.33. The molecule has 2 rings (SSSR count). The first-order valence-electron chi connectivity index (χ1n) is 7.03. The molecule has 0 radical (unpaired) electrons. The number of nitrogens with zero attached hydrogens (tertiary/aromatic N) is 1. The van der Waals surface area contributed by atoms with E-state index in [1.54, 1.807) is 12.1 Å². The highest BCUT2D eigenvalue weighted by molar-refractivity contribution is 7.90. The number of ether oxygens (including phenoxy) is 1. The Morgan fingerprint density at radius 2 is 2.19 bits per heavy atom. The van der Waals surface area contributed by atoms with Gasteiger partial charge in [0.2, 0.25) is 0 Å². The van der Waals surface area contributed by atoms with Crippen LogP contribution in [-0.4, -0.2) is 44.1 Å². The predicted octanol–water partition coefficient (Wildman–Crippen LogP) is 1.51. The summed E-state index contributed by atoms with van der Waals surface area (Å²) in [4.78, 5) is 0. The van der Waals surface area contributed by atoms with Crippen molar-refractivity contribution in [2.45, 2.75) is 32.2 Å². The van der Waals surface area contributed by atoms with Crippen LogP contribution in [0.25, 0.3) is 0 Å². The second-order valence-electron chi connectivity index (χ2n) is 5.25. The number of rotatable bonds is 5. The van der Waals surface area contributed by atoms with Crippen molar-refractivity contribution >= 4 is 15.9 Å². The zero-order valence-electron chi connectivity index (χ0n) is 12.4. The van der Waals surface area contributed by atoms with Crippen LogP contribution < -0.4 is 9.46 Å². The highest BCUT2D eigenvalue weighted by Gasteiger charge is 2.32. The van der Waals surface area contributed by atoms with Crippen molar-refractivity contribution in [3.05, 3.63) is 23.8 Å². The van der Waals surface area contributed by atoms with Gasteiger partial charge in [0, 0.05) is 12.6 Å². The largest absolute Gasteiger partial charge is 0.495 e. The summed E-state index contributed by atoms with van der Waals surface area (Å²) in [6.07, 6.45) is 2.43. The highest BCUT2D eigenvalue weighted by atomic mass is 32.2. The first-order valence-corrected chi connectivity index (χ1v) is 8.47. The van der Waals surface area contributed by atoms with Crippen molar-refractivity contribution in [2.75, 3.05) is 25.0 Å². The maximum Gasteiger partial charge on any atom is 0.302 e. The van der Waals surface area contributed by atoms with Gasteiger partial charge in [-0.15, -0.1) is 0 Å². The van der Waals surface area contributed by atoms with E-state index in [9.17, 15) is 13.5 Å². The van der Waals surface area contributed by atoms with Gasteiger partial charge in [-0.1, -0.05) is 12.5 Å². The molecule has 0 spiro atoms. The second-order valence-corrected chi connectivity index (χ2v) is 6.88. The van der Waals surface area contributed by atoms with E-state index >= 15 is 0 Å². The van der Waals surface area contributed by atoms with E-state index < -0.39 is 10.2 Å². The van der Waals surface area contributed by atoms with E-state index in [0.717, 1.165) is 18.4 Å². The molecular weight excluding hydrogens is 292 g/mol. The van der Waals surface area contributed by atoms with Crippen molar-refractivity contribution in [2.24, 2.45) is 0 Å². The maximum absolute atomic E-state index is 12.6. The standard InChI is InChI=1S/C14H22N2O4S/c1-11-6-7-14(20-2)13(9-11)15-21(18,19)16-8-4-3-5-12(16)10-17/h6-7,9,12,15,17H,3-5,8,10H2,1-2H3. The van der Waals surface area contributed by atoms with Gasteiger partial charge in [-0.25, -0.2) is 0 Å². The summed E-state index contributed by atoms with van der Waals surface area (Å²) in [7, 11) is -2.20. The van der Waals surface area contributed by atoms with Crippen LogP contribution in [0.15, 0.2) is 18.2 Å². The fourth-order valence-electron chi connectivity index (χ4n) is 2.57. The number of aryl methyl sites for hydroxylation is 1. The molecule has 0 bridgehead atoms. The van der Waals surface area contributed by atoms with Crippen molar-refractivity contribution in [3.8, 4) is 5.75 Å². The Morgan fingerprint density at radius 3 is 2.86 bits per heavy atom. The quantitative estimate of drug-likeness (QED) is 0.863. The molecule has 1 aliphatic heterocycles. The van der Waals surface area contributed by atoms with Gasteiger partial charge in [0.1, 0.15) is 5.75 Å². The van der Waals surface area contributed by atoms with Gasteiger partial charge >= 0.3 is 10.2 Å². The number of piperidine rings is 1. The molecule has 1 aromatic rings. The molecular formula is C14H22N2O4S. The summed E-state index contributed by atoms with van der Waals surface area (Å²) < 4.78 is 34.2. The van der Waals surface area contributed by atoms with Gasteiger partial charge in [-0.2, -0.15) is 12.7 Å². The summed E-state index contributed by atoms with van der Waals surface area (Å²) in [5.74, 6) is 0.474. The van der Waals surface area contributed by atoms with Gasteiger partial charge in [0.25, 0.3) is 0 Å². The van der Waals surface area contributed by atoms with Crippen molar-refractivity contribution in [1.29, 1.82) is 0 Å². The molecule has 0 amide bonds. The molecule has 6 nitrogen and oxygen atoms in total. The smallest absolute Gasteiger partial charge is 0.302 e. The first kappa shape index (κ1) is 16.1. The summed E-state index contributed by atoms with van der Waals surface area (Å²) in [6, 6.07) is 4.96. The van der Waals surface area contributed by atoms with E-state index in [-0.39, 0.29) is 12.6 Å². The molecule has 1 aliphatic rings. The monoisotopic (exact) mass is 314 g/mol. The molecule has 1 heterocycles. The van der Waals surface area contributed by atoms with Crippen LogP contribution in [0, 0.1) is 6.92 Å². The van der Waals surface area contributed by atoms with E-state index in [4.69, 9.17) is 4.74 Å². The minimum Gasteiger partial charge on any atom is -0.495 e. The average Bonchev–Trinajstić information content (AvgIpc) is 2.47. The fraction of sp³-hybridized carbons (Fsp3) is 0.571. The molecule has 2 N–H and O–H groups in total. The van der Waals surface area contributed by atoms with Crippen LogP contribution >= 0.6 is 0 Å². The summed E-state index contributed by atoms with van der Waals surface area (Å²) >= 11 is 0. The van der Waals surface area contributed by atoms with Crippen molar-refractivity contribution in [1.82, 2.24) is 4.31 Å². The van der Waals surface area contributed by atoms with Gasteiger partial charge < -0.3 is 9.84 Å². The highest BCUT2D eigenvalue weighted by Crippen LogP contribution is 2.28. The molecule has 1 unspecified atom stereocenters.